The Morgan fingerprint density at radius 2 is 2.15 bits per heavy atom. The molecular weight excluding hydrogens is 256 g/mol. The van der Waals surface area contributed by atoms with E-state index in [1.54, 1.807) is 18.2 Å². The third kappa shape index (κ3) is 2.83. The van der Waals surface area contributed by atoms with Gasteiger partial charge in [-0.1, -0.05) is 32.0 Å². The zero-order valence-corrected chi connectivity index (χ0v) is 12.3. The molecule has 2 atom stereocenters. The van der Waals surface area contributed by atoms with Crippen LogP contribution in [-0.2, 0) is 11.3 Å². The maximum atomic E-state index is 11.0. The third-order valence-corrected chi connectivity index (χ3v) is 4.27. The van der Waals surface area contributed by atoms with Crippen molar-refractivity contribution in [1.82, 2.24) is 5.32 Å². The number of para-hydroxylation sites is 1. The van der Waals surface area contributed by atoms with Gasteiger partial charge in [-0.25, -0.2) is 0 Å². The van der Waals surface area contributed by atoms with Crippen molar-refractivity contribution in [3.05, 3.63) is 39.9 Å². The van der Waals surface area contributed by atoms with E-state index >= 15 is 0 Å². The molecule has 1 aromatic rings. The Labute approximate surface area is 119 Å². The summed E-state index contributed by atoms with van der Waals surface area (Å²) in [5, 5.41) is 14.4. The topological polar surface area (TPSA) is 64.4 Å². The Bertz CT molecular complexity index is 488. The van der Waals surface area contributed by atoms with Crippen LogP contribution in [0.1, 0.15) is 32.8 Å². The molecule has 20 heavy (non-hydrogen) atoms. The fourth-order valence-electron chi connectivity index (χ4n) is 2.79. The summed E-state index contributed by atoms with van der Waals surface area (Å²) >= 11 is 0. The molecule has 1 fully saturated rings. The van der Waals surface area contributed by atoms with E-state index in [-0.39, 0.29) is 22.1 Å². The van der Waals surface area contributed by atoms with Crippen LogP contribution in [0.3, 0.4) is 0 Å². The standard InChI is InChI=1S/C15H22N2O3/c1-4-20-14-9-13(15(14,2)3)16-10-11-7-5-6-8-12(11)17(18)19/h5-8,13-14,16H,4,9-10H2,1-3H3. The van der Waals surface area contributed by atoms with Crippen LogP contribution in [-0.4, -0.2) is 23.7 Å². The number of nitro groups is 1. The van der Waals surface area contributed by atoms with Gasteiger partial charge in [0.25, 0.3) is 5.69 Å². The van der Waals surface area contributed by atoms with Crippen molar-refractivity contribution in [2.45, 2.75) is 45.9 Å². The first-order chi connectivity index (χ1) is 9.46. The van der Waals surface area contributed by atoms with Gasteiger partial charge >= 0.3 is 0 Å². The van der Waals surface area contributed by atoms with Crippen molar-refractivity contribution in [2.75, 3.05) is 6.61 Å². The van der Waals surface area contributed by atoms with E-state index in [0.717, 1.165) is 18.6 Å². The van der Waals surface area contributed by atoms with Crippen LogP contribution in [0.2, 0.25) is 0 Å². The van der Waals surface area contributed by atoms with E-state index in [1.807, 2.05) is 13.0 Å². The van der Waals surface area contributed by atoms with Gasteiger partial charge in [0.05, 0.1) is 11.0 Å². The summed E-state index contributed by atoms with van der Waals surface area (Å²) in [5.41, 5.74) is 0.978. The molecule has 1 aliphatic rings. The highest BCUT2D eigenvalue weighted by atomic mass is 16.6. The molecule has 0 heterocycles. The summed E-state index contributed by atoms with van der Waals surface area (Å²) in [4.78, 5) is 10.6. The smallest absolute Gasteiger partial charge is 0.273 e. The van der Waals surface area contributed by atoms with Gasteiger partial charge in [-0.15, -0.1) is 0 Å². The summed E-state index contributed by atoms with van der Waals surface area (Å²) in [6.07, 6.45) is 1.23. The SMILES string of the molecule is CCOC1CC(NCc2ccccc2[N+](=O)[O-])C1(C)C. The van der Waals surface area contributed by atoms with Gasteiger partial charge < -0.3 is 10.1 Å². The van der Waals surface area contributed by atoms with Crippen molar-refractivity contribution >= 4 is 5.69 Å². The monoisotopic (exact) mass is 278 g/mol. The normalized spacial score (nSPS) is 24.1. The molecule has 0 amide bonds. The average Bonchev–Trinajstić information content (AvgIpc) is 2.42. The average molecular weight is 278 g/mol. The lowest BCUT2D eigenvalue weighted by Crippen LogP contribution is -2.60. The van der Waals surface area contributed by atoms with E-state index in [9.17, 15) is 10.1 Å². The predicted molar refractivity (Wildman–Crippen MR) is 77.5 cm³/mol. The molecule has 1 saturated carbocycles. The van der Waals surface area contributed by atoms with E-state index in [1.165, 1.54) is 0 Å². The van der Waals surface area contributed by atoms with Crippen LogP contribution in [0.4, 0.5) is 5.69 Å². The van der Waals surface area contributed by atoms with Gasteiger partial charge in [-0.05, 0) is 13.3 Å². The molecular formula is C15H22N2O3. The van der Waals surface area contributed by atoms with Crippen molar-refractivity contribution < 1.29 is 9.66 Å². The first-order valence-corrected chi connectivity index (χ1v) is 7.04. The maximum Gasteiger partial charge on any atom is 0.273 e. The number of hydrogen-bond donors (Lipinski definition) is 1. The number of benzene rings is 1. The van der Waals surface area contributed by atoms with Crippen molar-refractivity contribution in [1.29, 1.82) is 0 Å². The van der Waals surface area contributed by atoms with Gasteiger partial charge in [-0.3, -0.25) is 10.1 Å². The molecule has 0 aromatic heterocycles. The van der Waals surface area contributed by atoms with Crippen molar-refractivity contribution in [3.63, 3.8) is 0 Å². The minimum absolute atomic E-state index is 0.0690. The van der Waals surface area contributed by atoms with E-state index in [0.29, 0.717) is 12.6 Å². The Balaban J connectivity index is 1.96. The number of hydrogen-bond acceptors (Lipinski definition) is 4. The highest BCUT2D eigenvalue weighted by Gasteiger charge is 2.48. The molecule has 5 nitrogen and oxygen atoms in total. The minimum atomic E-state index is -0.327. The van der Waals surface area contributed by atoms with Gasteiger partial charge in [-0.2, -0.15) is 0 Å². The lowest BCUT2D eigenvalue weighted by molar-refractivity contribution is -0.385. The molecule has 0 bridgehead atoms. The van der Waals surface area contributed by atoms with E-state index < -0.39 is 0 Å². The Kier molecular flexibility index (Phi) is 4.40. The fraction of sp³-hybridized carbons (Fsp3) is 0.600. The lowest BCUT2D eigenvalue weighted by Gasteiger charge is -2.52. The Morgan fingerprint density at radius 3 is 2.75 bits per heavy atom. The first-order valence-electron chi connectivity index (χ1n) is 7.04. The van der Waals surface area contributed by atoms with Crippen LogP contribution < -0.4 is 5.32 Å². The molecule has 0 aliphatic heterocycles. The number of nitrogens with one attached hydrogen (secondary N) is 1. The zero-order valence-electron chi connectivity index (χ0n) is 12.3. The van der Waals surface area contributed by atoms with Gasteiger partial charge in [0.2, 0.25) is 0 Å². The Morgan fingerprint density at radius 1 is 1.45 bits per heavy atom. The molecule has 0 saturated heterocycles. The summed E-state index contributed by atoms with van der Waals surface area (Å²) in [6, 6.07) is 7.21. The molecule has 1 aromatic carbocycles. The second kappa shape index (κ2) is 5.89. The second-order valence-electron chi connectivity index (χ2n) is 5.82. The lowest BCUT2D eigenvalue weighted by atomic mass is 9.64. The second-order valence-corrected chi connectivity index (χ2v) is 5.82. The van der Waals surface area contributed by atoms with Crippen LogP contribution in [0, 0.1) is 15.5 Å². The maximum absolute atomic E-state index is 11.0. The largest absolute Gasteiger partial charge is 0.378 e. The van der Waals surface area contributed by atoms with Gasteiger partial charge in [0.15, 0.2) is 0 Å². The molecule has 5 heteroatoms. The van der Waals surface area contributed by atoms with Crippen molar-refractivity contribution in [2.24, 2.45) is 5.41 Å². The molecule has 0 radical (unpaired) electrons. The van der Waals surface area contributed by atoms with Crippen LogP contribution in [0.5, 0.6) is 0 Å². The third-order valence-electron chi connectivity index (χ3n) is 4.27. The fourth-order valence-corrected chi connectivity index (χ4v) is 2.79. The molecule has 2 rings (SSSR count). The highest BCUT2D eigenvalue weighted by molar-refractivity contribution is 5.39. The molecule has 0 spiro atoms. The van der Waals surface area contributed by atoms with E-state index in [2.05, 4.69) is 19.2 Å². The van der Waals surface area contributed by atoms with E-state index in [4.69, 9.17) is 4.74 Å². The van der Waals surface area contributed by atoms with Crippen LogP contribution in [0.15, 0.2) is 24.3 Å². The number of nitrogens with zero attached hydrogens (tertiary/aromatic N) is 1. The van der Waals surface area contributed by atoms with Gasteiger partial charge in [0, 0.05) is 36.2 Å². The van der Waals surface area contributed by atoms with Crippen LogP contribution >= 0.6 is 0 Å². The number of rotatable bonds is 6. The summed E-state index contributed by atoms with van der Waals surface area (Å²) < 4.78 is 5.69. The number of nitro benzene ring substituents is 1. The summed E-state index contributed by atoms with van der Waals surface area (Å²) in [6.45, 7) is 7.60. The van der Waals surface area contributed by atoms with Crippen molar-refractivity contribution in [3.8, 4) is 0 Å². The van der Waals surface area contributed by atoms with Crippen LogP contribution in [0.25, 0.3) is 0 Å². The Hall–Kier alpha value is -1.46. The minimum Gasteiger partial charge on any atom is -0.378 e. The number of ether oxygens (including phenoxy) is 1. The quantitative estimate of drug-likeness (QED) is 0.642. The molecule has 2 unspecified atom stereocenters. The first kappa shape index (κ1) is 14.9. The predicted octanol–water partition coefficient (Wildman–Crippen LogP) is 2.89. The summed E-state index contributed by atoms with van der Waals surface area (Å²) in [5.74, 6) is 0. The van der Waals surface area contributed by atoms with Gasteiger partial charge in [0.1, 0.15) is 0 Å². The molecule has 1 aliphatic carbocycles. The molecule has 1 N–H and O–H groups in total. The highest BCUT2D eigenvalue weighted by Crippen LogP contribution is 2.42. The zero-order chi connectivity index (χ0) is 14.8. The molecule has 110 valence electrons. The summed E-state index contributed by atoms with van der Waals surface area (Å²) in [7, 11) is 0.